The maximum absolute atomic E-state index is 12.3. The predicted octanol–water partition coefficient (Wildman–Crippen LogP) is 2.67. The summed E-state index contributed by atoms with van der Waals surface area (Å²) >= 11 is 1.58. The van der Waals surface area contributed by atoms with E-state index in [2.05, 4.69) is 4.98 Å². The number of amides is 1. The van der Waals surface area contributed by atoms with Crippen LogP contribution in [-0.4, -0.2) is 35.0 Å². The van der Waals surface area contributed by atoms with Crippen molar-refractivity contribution in [3.05, 3.63) is 46.4 Å². The van der Waals surface area contributed by atoms with Crippen molar-refractivity contribution in [2.75, 3.05) is 13.1 Å². The summed E-state index contributed by atoms with van der Waals surface area (Å²) in [4.78, 5) is 18.5. The van der Waals surface area contributed by atoms with Crippen molar-refractivity contribution in [3.8, 4) is 5.75 Å². The van der Waals surface area contributed by atoms with Crippen LogP contribution in [0.3, 0.4) is 0 Å². The van der Waals surface area contributed by atoms with Gasteiger partial charge in [0.1, 0.15) is 11.9 Å². The lowest BCUT2D eigenvalue weighted by Crippen LogP contribution is -2.32. The Balaban J connectivity index is 1.53. The maximum Gasteiger partial charge on any atom is 0.228 e. The highest BCUT2D eigenvalue weighted by molar-refractivity contribution is 7.09. The highest BCUT2D eigenvalue weighted by Crippen LogP contribution is 2.19. The molecule has 0 saturated carbocycles. The molecule has 1 aromatic heterocycles. The van der Waals surface area contributed by atoms with Gasteiger partial charge in [-0.3, -0.25) is 4.79 Å². The molecule has 0 spiro atoms. The number of ether oxygens (including phenoxy) is 1. The van der Waals surface area contributed by atoms with E-state index in [1.54, 1.807) is 11.3 Å². The van der Waals surface area contributed by atoms with Gasteiger partial charge >= 0.3 is 0 Å². The monoisotopic (exact) mass is 302 g/mol. The molecule has 0 N–H and O–H groups in total. The Bertz CT molecular complexity index is 612. The molecule has 0 unspecified atom stereocenters. The van der Waals surface area contributed by atoms with Crippen LogP contribution in [0.2, 0.25) is 0 Å². The van der Waals surface area contributed by atoms with Gasteiger partial charge in [0.05, 0.1) is 23.7 Å². The Kier molecular flexibility index (Phi) is 4.20. The molecule has 1 aliphatic heterocycles. The molecule has 1 aliphatic rings. The molecule has 2 heterocycles. The highest BCUT2D eigenvalue weighted by Gasteiger charge is 2.27. The third-order valence-corrected chi connectivity index (χ3v) is 4.36. The molecule has 0 radical (unpaired) electrons. The first-order valence-corrected chi connectivity index (χ1v) is 7.99. The van der Waals surface area contributed by atoms with Gasteiger partial charge in [-0.05, 0) is 19.1 Å². The Morgan fingerprint density at radius 1 is 1.43 bits per heavy atom. The van der Waals surface area contributed by atoms with Gasteiger partial charge in [0.25, 0.3) is 0 Å². The number of aryl methyl sites for hydroxylation is 1. The van der Waals surface area contributed by atoms with E-state index in [1.165, 1.54) is 0 Å². The van der Waals surface area contributed by atoms with Crippen molar-refractivity contribution in [3.63, 3.8) is 0 Å². The molecule has 1 atom stereocenters. The molecular formula is C16H18N2O2S. The van der Waals surface area contributed by atoms with E-state index >= 15 is 0 Å². The fourth-order valence-electron chi connectivity index (χ4n) is 2.50. The number of likely N-dealkylation sites (tertiary alicyclic amines) is 1. The van der Waals surface area contributed by atoms with E-state index in [9.17, 15) is 4.79 Å². The molecule has 1 fully saturated rings. The minimum Gasteiger partial charge on any atom is -0.489 e. The number of hydrogen-bond donors (Lipinski definition) is 0. The van der Waals surface area contributed by atoms with Crippen LogP contribution < -0.4 is 4.74 Å². The Hall–Kier alpha value is -1.88. The van der Waals surface area contributed by atoms with Crippen LogP contribution in [0.25, 0.3) is 0 Å². The van der Waals surface area contributed by atoms with Crippen molar-refractivity contribution < 1.29 is 9.53 Å². The summed E-state index contributed by atoms with van der Waals surface area (Å²) in [5, 5.41) is 2.96. The van der Waals surface area contributed by atoms with Crippen LogP contribution in [0.15, 0.2) is 35.7 Å². The third-order valence-electron chi connectivity index (χ3n) is 3.54. The molecule has 0 aliphatic carbocycles. The lowest BCUT2D eigenvalue weighted by atomic mass is 10.3. The average Bonchev–Trinajstić information content (AvgIpc) is 3.09. The van der Waals surface area contributed by atoms with Crippen molar-refractivity contribution in [2.45, 2.75) is 25.9 Å². The first kappa shape index (κ1) is 14.1. The molecule has 1 amide bonds. The zero-order chi connectivity index (χ0) is 14.7. The minimum absolute atomic E-state index is 0.0912. The average molecular weight is 302 g/mol. The summed E-state index contributed by atoms with van der Waals surface area (Å²) in [5.74, 6) is 1.01. The van der Waals surface area contributed by atoms with Crippen LogP contribution in [0.1, 0.15) is 17.1 Å². The zero-order valence-electron chi connectivity index (χ0n) is 12.0. The van der Waals surface area contributed by atoms with Crippen LogP contribution in [0, 0.1) is 6.92 Å². The van der Waals surface area contributed by atoms with E-state index in [0.717, 1.165) is 29.4 Å². The van der Waals surface area contributed by atoms with Crippen LogP contribution in [0.4, 0.5) is 0 Å². The summed E-state index contributed by atoms with van der Waals surface area (Å²) in [6.45, 7) is 3.38. The second kappa shape index (κ2) is 6.26. The number of hydrogen-bond acceptors (Lipinski definition) is 4. The first-order chi connectivity index (χ1) is 10.2. The number of carbonyl (C=O) groups excluding carboxylic acids is 1. The summed E-state index contributed by atoms with van der Waals surface area (Å²) in [6.07, 6.45) is 1.37. The van der Waals surface area contributed by atoms with Crippen molar-refractivity contribution >= 4 is 17.2 Å². The van der Waals surface area contributed by atoms with E-state index in [-0.39, 0.29) is 12.0 Å². The summed E-state index contributed by atoms with van der Waals surface area (Å²) in [5.41, 5.74) is 0.870. The smallest absolute Gasteiger partial charge is 0.228 e. The SMILES string of the molecule is Cc1nc(CC(=O)N2CC[C@@H](Oc3ccccc3)C2)cs1. The molecular weight excluding hydrogens is 284 g/mol. The summed E-state index contributed by atoms with van der Waals surface area (Å²) < 4.78 is 5.90. The molecule has 21 heavy (non-hydrogen) atoms. The molecule has 1 saturated heterocycles. The van der Waals surface area contributed by atoms with Gasteiger partial charge in [-0.15, -0.1) is 11.3 Å². The van der Waals surface area contributed by atoms with Gasteiger partial charge in [0, 0.05) is 18.3 Å². The van der Waals surface area contributed by atoms with E-state index in [4.69, 9.17) is 4.74 Å². The third kappa shape index (κ3) is 3.61. The lowest BCUT2D eigenvalue weighted by molar-refractivity contribution is -0.129. The minimum atomic E-state index is 0.0912. The number of benzene rings is 1. The Morgan fingerprint density at radius 2 is 2.24 bits per heavy atom. The van der Waals surface area contributed by atoms with Gasteiger partial charge in [0.15, 0.2) is 0 Å². The van der Waals surface area contributed by atoms with Crippen molar-refractivity contribution in [1.29, 1.82) is 0 Å². The molecule has 2 aromatic rings. The largest absolute Gasteiger partial charge is 0.489 e. The van der Waals surface area contributed by atoms with E-state index in [1.807, 2.05) is 47.5 Å². The number of nitrogens with zero attached hydrogens (tertiary/aromatic N) is 2. The van der Waals surface area contributed by atoms with E-state index in [0.29, 0.717) is 13.0 Å². The molecule has 4 nitrogen and oxygen atoms in total. The number of aromatic nitrogens is 1. The van der Waals surface area contributed by atoms with Crippen molar-refractivity contribution in [1.82, 2.24) is 9.88 Å². The standard InChI is InChI=1S/C16H18N2O2S/c1-12-17-13(11-21-12)9-16(19)18-8-7-15(10-18)20-14-5-3-2-4-6-14/h2-6,11,15H,7-10H2,1H3/t15-/m1/s1. The van der Waals surface area contributed by atoms with Crippen LogP contribution in [0.5, 0.6) is 5.75 Å². The topological polar surface area (TPSA) is 42.4 Å². The Morgan fingerprint density at radius 3 is 2.95 bits per heavy atom. The van der Waals surface area contributed by atoms with Crippen LogP contribution in [-0.2, 0) is 11.2 Å². The van der Waals surface area contributed by atoms with Gasteiger partial charge in [-0.1, -0.05) is 18.2 Å². The zero-order valence-corrected chi connectivity index (χ0v) is 12.8. The van der Waals surface area contributed by atoms with Gasteiger partial charge in [0.2, 0.25) is 5.91 Å². The molecule has 5 heteroatoms. The second-order valence-electron chi connectivity index (χ2n) is 5.22. The number of thiazole rings is 1. The fraction of sp³-hybridized carbons (Fsp3) is 0.375. The van der Waals surface area contributed by atoms with Gasteiger partial charge < -0.3 is 9.64 Å². The number of carbonyl (C=O) groups is 1. The summed E-state index contributed by atoms with van der Waals surface area (Å²) in [7, 11) is 0. The van der Waals surface area contributed by atoms with Gasteiger partial charge in [-0.2, -0.15) is 0 Å². The maximum atomic E-state index is 12.3. The van der Waals surface area contributed by atoms with Gasteiger partial charge in [-0.25, -0.2) is 4.98 Å². The fourth-order valence-corrected chi connectivity index (χ4v) is 3.11. The molecule has 110 valence electrons. The van der Waals surface area contributed by atoms with Crippen molar-refractivity contribution in [2.24, 2.45) is 0 Å². The predicted molar refractivity (Wildman–Crippen MR) is 82.6 cm³/mol. The summed E-state index contributed by atoms with van der Waals surface area (Å²) in [6, 6.07) is 9.77. The second-order valence-corrected chi connectivity index (χ2v) is 6.28. The lowest BCUT2D eigenvalue weighted by Gasteiger charge is -2.17. The first-order valence-electron chi connectivity index (χ1n) is 7.11. The molecule has 0 bridgehead atoms. The van der Waals surface area contributed by atoms with E-state index < -0.39 is 0 Å². The Labute approximate surface area is 128 Å². The molecule has 3 rings (SSSR count). The number of rotatable bonds is 4. The van der Waals surface area contributed by atoms with Crippen LogP contribution >= 0.6 is 11.3 Å². The number of para-hydroxylation sites is 1. The molecule has 1 aromatic carbocycles. The normalized spacial score (nSPS) is 18.0. The highest BCUT2D eigenvalue weighted by atomic mass is 32.1. The quantitative estimate of drug-likeness (QED) is 0.872.